The first kappa shape index (κ1) is 40.6. The summed E-state index contributed by atoms with van der Waals surface area (Å²) < 4.78 is 35.9. The Hall–Kier alpha value is -7.06. The van der Waals surface area contributed by atoms with Crippen molar-refractivity contribution in [3.05, 3.63) is 182 Å². The summed E-state index contributed by atoms with van der Waals surface area (Å²) in [5.74, 6) is 1.33. The van der Waals surface area contributed by atoms with Crippen LogP contribution in [0, 0.1) is 0 Å². The quantitative estimate of drug-likeness (QED) is 0.0456. The standard InChI is InChI=1S/C50H46O8/c1-35(2)49(51)57-47(55-43-21-13-19-40(33-43)37-15-7-5-8-16-37)29-31-53-42-27-25-39(26-28-42)45-23-11-12-24-46(45)54-32-30-48(58-50(52)36(3)4)56-44-22-14-20-41(34-44)38-17-9-6-10-18-38/h5-28,33-34,47-48H,1,3,29-32H2,2,4H3. The van der Waals surface area contributed by atoms with Gasteiger partial charge in [0.1, 0.15) is 23.0 Å². The van der Waals surface area contributed by atoms with Crippen molar-refractivity contribution in [1.82, 2.24) is 0 Å². The van der Waals surface area contributed by atoms with Gasteiger partial charge in [-0.1, -0.05) is 128 Å². The third-order valence-corrected chi connectivity index (χ3v) is 8.88. The molecule has 0 fully saturated rings. The van der Waals surface area contributed by atoms with Crippen molar-refractivity contribution in [2.45, 2.75) is 39.3 Å². The molecule has 0 saturated carbocycles. The van der Waals surface area contributed by atoms with Crippen LogP contribution >= 0.6 is 0 Å². The van der Waals surface area contributed by atoms with Crippen molar-refractivity contribution >= 4 is 11.9 Å². The highest BCUT2D eigenvalue weighted by Gasteiger charge is 2.20. The zero-order chi connectivity index (χ0) is 40.7. The average molecular weight is 775 g/mol. The Bertz CT molecular complexity index is 2300. The summed E-state index contributed by atoms with van der Waals surface area (Å²) >= 11 is 0. The van der Waals surface area contributed by atoms with Crippen LogP contribution in [0.3, 0.4) is 0 Å². The third kappa shape index (κ3) is 11.7. The minimum atomic E-state index is -0.910. The molecule has 6 aromatic carbocycles. The second kappa shape index (κ2) is 20.2. The molecular weight excluding hydrogens is 729 g/mol. The van der Waals surface area contributed by atoms with Crippen LogP contribution in [0.4, 0.5) is 0 Å². The molecule has 6 aromatic rings. The maximum Gasteiger partial charge on any atom is 0.336 e. The fourth-order valence-corrected chi connectivity index (χ4v) is 5.89. The zero-order valence-electron chi connectivity index (χ0n) is 32.7. The van der Waals surface area contributed by atoms with Gasteiger partial charge < -0.3 is 28.4 Å². The van der Waals surface area contributed by atoms with Crippen LogP contribution in [0.5, 0.6) is 23.0 Å². The molecule has 6 rings (SSSR count). The van der Waals surface area contributed by atoms with Crippen LogP contribution in [0.1, 0.15) is 26.7 Å². The minimum absolute atomic E-state index is 0.209. The Balaban J connectivity index is 1.06. The van der Waals surface area contributed by atoms with Crippen molar-refractivity contribution in [2.75, 3.05) is 13.2 Å². The number of carbonyl (C=O) groups excluding carboxylic acids is 2. The van der Waals surface area contributed by atoms with Crippen molar-refractivity contribution < 1.29 is 38.0 Å². The minimum Gasteiger partial charge on any atom is -0.493 e. The summed E-state index contributed by atoms with van der Waals surface area (Å²) in [4.78, 5) is 25.0. The van der Waals surface area contributed by atoms with E-state index in [0.29, 0.717) is 23.0 Å². The third-order valence-electron chi connectivity index (χ3n) is 8.88. The molecule has 0 spiro atoms. The molecule has 8 nitrogen and oxygen atoms in total. The van der Waals surface area contributed by atoms with Gasteiger partial charge in [-0.3, -0.25) is 0 Å². The van der Waals surface area contributed by atoms with E-state index in [9.17, 15) is 9.59 Å². The predicted molar refractivity (Wildman–Crippen MR) is 227 cm³/mol. The van der Waals surface area contributed by atoms with Crippen LogP contribution in [-0.2, 0) is 19.1 Å². The number of esters is 2. The molecule has 2 atom stereocenters. The SMILES string of the molecule is C=C(C)C(=O)OC(CCOc1ccc(-c2ccccc2OCCC(OC(=O)C(=C)C)Oc2cccc(-c3ccccc3)c2)cc1)Oc1cccc(-c2ccccc2)c1. The molecule has 0 N–H and O–H groups in total. The number of para-hydroxylation sites is 1. The number of hydrogen-bond donors (Lipinski definition) is 0. The maximum atomic E-state index is 12.5. The first-order chi connectivity index (χ1) is 28.2. The van der Waals surface area contributed by atoms with Gasteiger partial charge in [0.05, 0.1) is 26.1 Å². The Kier molecular flexibility index (Phi) is 14.1. The van der Waals surface area contributed by atoms with Gasteiger partial charge in [-0.2, -0.15) is 0 Å². The molecule has 0 radical (unpaired) electrons. The maximum absolute atomic E-state index is 12.5. The highest BCUT2D eigenvalue weighted by Crippen LogP contribution is 2.32. The van der Waals surface area contributed by atoms with Gasteiger partial charge in [0, 0.05) is 16.7 Å². The van der Waals surface area contributed by atoms with E-state index in [2.05, 4.69) is 13.2 Å². The van der Waals surface area contributed by atoms with E-state index in [1.54, 1.807) is 13.8 Å². The Morgan fingerprint density at radius 3 is 1.41 bits per heavy atom. The van der Waals surface area contributed by atoms with Gasteiger partial charge >= 0.3 is 11.9 Å². The van der Waals surface area contributed by atoms with Crippen LogP contribution in [-0.4, -0.2) is 37.7 Å². The molecule has 2 unspecified atom stereocenters. The summed E-state index contributed by atoms with van der Waals surface area (Å²) in [6.07, 6.45) is -1.27. The van der Waals surface area contributed by atoms with Gasteiger partial charge in [-0.15, -0.1) is 0 Å². The molecule has 0 aliphatic rings. The highest BCUT2D eigenvalue weighted by atomic mass is 16.7. The molecule has 0 aliphatic carbocycles. The first-order valence-electron chi connectivity index (χ1n) is 19.0. The van der Waals surface area contributed by atoms with E-state index >= 15 is 0 Å². The lowest BCUT2D eigenvalue weighted by Crippen LogP contribution is -2.27. The summed E-state index contributed by atoms with van der Waals surface area (Å²) in [7, 11) is 0. The van der Waals surface area contributed by atoms with Crippen LogP contribution < -0.4 is 18.9 Å². The van der Waals surface area contributed by atoms with Gasteiger partial charge in [0.2, 0.25) is 12.6 Å². The molecule has 294 valence electrons. The van der Waals surface area contributed by atoms with E-state index in [4.69, 9.17) is 28.4 Å². The van der Waals surface area contributed by atoms with Crippen molar-refractivity contribution in [2.24, 2.45) is 0 Å². The second-order valence-electron chi connectivity index (χ2n) is 13.5. The summed E-state index contributed by atoms with van der Waals surface area (Å²) in [6.45, 7) is 11.0. The normalized spacial score (nSPS) is 11.7. The topological polar surface area (TPSA) is 89.5 Å². The van der Waals surface area contributed by atoms with E-state index in [1.807, 2.05) is 158 Å². The van der Waals surface area contributed by atoms with Gasteiger partial charge in [-0.05, 0) is 84.1 Å². The van der Waals surface area contributed by atoms with E-state index in [-0.39, 0.29) is 37.2 Å². The lowest BCUT2D eigenvalue weighted by Gasteiger charge is -2.21. The molecule has 8 heteroatoms. The lowest BCUT2D eigenvalue weighted by molar-refractivity contribution is -0.161. The molecule has 0 bridgehead atoms. The molecule has 0 heterocycles. The van der Waals surface area contributed by atoms with Crippen LogP contribution in [0.15, 0.2) is 182 Å². The Morgan fingerprint density at radius 2 is 0.914 bits per heavy atom. The predicted octanol–water partition coefficient (Wildman–Crippen LogP) is 11.3. The average Bonchev–Trinajstić information content (AvgIpc) is 3.25. The summed E-state index contributed by atoms with van der Waals surface area (Å²) in [5, 5.41) is 0. The van der Waals surface area contributed by atoms with Crippen molar-refractivity contribution in [3.8, 4) is 56.4 Å². The molecule has 0 aromatic heterocycles. The Labute approximate surface area is 339 Å². The molecule has 0 saturated heterocycles. The fourth-order valence-electron chi connectivity index (χ4n) is 5.89. The van der Waals surface area contributed by atoms with E-state index in [0.717, 1.165) is 33.4 Å². The highest BCUT2D eigenvalue weighted by molar-refractivity contribution is 5.87. The molecule has 0 aliphatic heterocycles. The molecular formula is C50H46O8. The first-order valence-corrected chi connectivity index (χ1v) is 19.0. The smallest absolute Gasteiger partial charge is 0.336 e. The second-order valence-corrected chi connectivity index (χ2v) is 13.5. The van der Waals surface area contributed by atoms with Crippen LogP contribution in [0.2, 0.25) is 0 Å². The van der Waals surface area contributed by atoms with Gasteiger partial charge in [0.15, 0.2) is 0 Å². The van der Waals surface area contributed by atoms with Gasteiger partial charge in [-0.25, -0.2) is 9.59 Å². The lowest BCUT2D eigenvalue weighted by atomic mass is 10.0. The molecule has 58 heavy (non-hydrogen) atoms. The summed E-state index contributed by atoms with van der Waals surface area (Å²) in [6, 6.07) is 50.5. The monoisotopic (exact) mass is 774 g/mol. The largest absolute Gasteiger partial charge is 0.493 e. The summed E-state index contributed by atoms with van der Waals surface area (Å²) in [5.41, 5.74) is 6.39. The van der Waals surface area contributed by atoms with E-state index in [1.165, 1.54) is 0 Å². The van der Waals surface area contributed by atoms with Crippen LogP contribution in [0.25, 0.3) is 33.4 Å². The van der Waals surface area contributed by atoms with Crippen molar-refractivity contribution in [3.63, 3.8) is 0 Å². The van der Waals surface area contributed by atoms with Gasteiger partial charge in [0.25, 0.3) is 0 Å². The molecule has 0 amide bonds. The fraction of sp³-hybridized carbons (Fsp3) is 0.160. The zero-order valence-corrected chi connectivity index (χ0v) is 32.7. The number of carbonyl (C=O) groups is 2. The number of ether oxygens (including phenoxy) is 6. The number of rotatable bonds is 19. The number of benzene rings is 6. The number of hydrogen-bond acceptors (Lipinski definition) is 8. The van der Waals surface area contributed by atoms with E-state index < -0.39 is 24.5 Å². The van der Waals surface area contributed by atoms with Crippen molar-refractivity contribution in [1.29, 1.82) is 0 Å². The Morgan fingerprint density at radius 1 is 0.466 bits per heavy atom.